The quantitative estimate of drug-likeness (QED) is 0.665. The molecule has 7 heteroatoms. The maximum absolute atomic E-state index is 4.44. The van der Waals surface area contributed by atoms with Gasteiger partial charge in [-0.2, -0.15) is 0 Å². The standard InChI is InChI=1S/C12H14BrN5S/c1-3-4-14-11-15-7-9(13)10(18-11)19-12-16-5-8(2)6-17-12/h5-7H,3-4H2,1-2H3,(H,14,15,18). The number of anilines is 1. The molecule has 0 amide bonds. The van der Waals surface area contributed by atoms with Gasteiger partial charge in [0.25, 0.3) is 0 Å². The van der Waals surface area contributed by atoms with Crippen molar-refractivity contribution < 1.29 is 0 Å². The molecule has 0 saturated heterocycles. The van der Waals surface area contributed by atoms with Crippen molar-refractivity contribution in [1.29, 1.82) is 0 Å². The zero-order valence-corrected chi connectivity index (χ0v) is 13.1. The fourth-order valence-electron chi connectivity index (χ4n) is 1.26. The summed E-state index contributed by atoms with van der Waals surface area (Å²) in [7, 11) is 0. The molecule has 2 aromatic rings. The van der Waals surface area contributed by atoms with Crippen LogP contribution in [0.3, 0.4) is 0 Å². The van der Waals surface area contributed by atoms with Gasteiger partial charge < -0.3 is 5.32 Å². The molecule has 1 N–H and O–H groups in total. The van der Waals surface area contributed by atoms with Crippen LogP contribution in [0.4, 0.5) is 5.95 Å². The monoisotopic (exact) mass is 339 g/mol. The highest BCUT2D eigenvalue weighted by Gasteiger charge is 2.08. The van der Waals surface area contributed by atoms with E-state index in [9.17, 15) is 0 Å². The van der Waals surface area contributed by atoms with Gasteiger partial charge in [0.2, 0.25) is 5.95 Å². The Bertz CT molecular complexity index is 546. The summed E-state index contributed by atoms with van der Waals surface area (Å²) in [6, 6.07) is 0. The van der Waals surface area contributed by atoms with E-state index in [4.69, 9.17) is 0 Å². The Morgan fingerprint density at radius 2 is 1.95 bits per heavy atom. The van der Waals surface area contributed by atoms with Gasteiger partial charge in [0.05, 0.1) is 4.47 Å². The Morgan fingerprint density at radius 1 is 1.21 bits per heavy atom. The Labute approximate surface area is 124 Å². The van der Waals surface area contributed by atoms with Crippen LogP contribution in [0.2, 0.25) is 0 Å². The van der Waals surface area contributed by atoms with Crippen LogP contribution in [0.25, 0.3) is 0 Å². The molecule has 100 valence electrons. The summed E-state index contributed by atoms with van der Waals surface area (Å²) in [5.74, 6) is 0.625. The number of halogens is 1. The third-order valence-electron chi connectivity index (χ3n) is 2.19. The number of nitrogens with zero attached hydrogens (tertiary/aromatic N) is 4. The Kier molecular flexibility index (Phi) is 5.09. The van der Waals surface area contributed by atoms with Gasteiger partial charge in [-0.05, 0) is 46.6 Å². The van der Waals surface area contributed by atoms with Gasteiger partial charge in [-0.3, -0.25) is 0 Å². The summed E-state index contributed by atoms with van der Waals surface area (Å²) in [4.78, 5) is 17.2. The molecule has 0 atom stereocenters. The molecular formula is C12H14BrN5S. The van der Waals surface area contributed by atoms with Crippen molar-refractivity contribution in [3.8, 4) is 0 Å². The Balaban J connectivity index is 2.16. The lowest BCUT2D eigenvalue weighted by molar-refractivity contribution is 0.919. The van der Waals surface area contributed by atoms with E-state index in [0.29, 0.717) is 11.1 Å². The van der Waals surface area contributed by atoms with Crippen LogP contribution < -0.4 is 5.32 Å². The second kappa shape index (κ2) is 6.81. The molecule has 0 aliphatic heterocycles. The lowest BCUT2D eigenvalue weighted by atomic mass is 10.4. The summed E-state index contributed by atoms with van der Waals surface area (Å²) in [5, 5.41) is 4.64. The van der Waals surface area contributed by atoms with Crippen LogP contribution in [0, 0.1) is 6.92 Å². The highest BCUT2D eigenvalue weighted by molar-refractivity contribution is 9.10. The second-order valence-electron chi connectivity index (χ2n) is 3.92. The van der Waals surface area contributed by atoms with Gasteiger partial charge in [0.1, 0.15) is 5.03 Å². The number of hydrogen-bond acceptors (Lipinski definition) is 6. The normalized spacial score (nSPS) is 10.5. The number of rotatable bonds is 5. The fraction of sp³-hybridized carbons (Fsp3) is 0.333. The average molecular weight is 340 g/mol. The van der Waals surface area contributed by atoms with E-state index in [2.05, 4.69) is 48.1 Å². The first-order valence-electron chi connectivity index (χ1n) is 5.92. The van der Waals surface area contributed by atoms with Crippen molar-refractivity contribution in [2.24, 2.45) is 0 Å². The minimum Gasteiger partial charge on any atom is -0.354 e. The number of aromatic nitrogens is 4. The fourth-order valence-corrected chi connectivity index (χ4v) is 2.36. The van der Waals surface area contributed by atoms with E-state index >= 15 is 0 Å². The zero-order valence-electron chi connectivity index (χ0n) is 10.7. The lowest BCUT2D eigenvalue weighted by Gasteiger charge is -2.06. The molecule has 0 bridgehead atoms. The molecule has 0 aliphatic carbocycles. The SMILES string of the molecule is CCCNc1ncc(Br)c(Sc2ncc(C)cn2)n1. The third kappa shape index (κ3) is 4.14. The molecule has 2 rings (SSSR count). The van der Waals surface area contributed by atoms with Crippen molar-refractivity contribution in [2.75, 3.05) is 11.9 Å². The van der Waals surface area contributed by atoms with Crippen molar-refractivity contribution in [1.82, 2.24) is 19.9 Å². The van der Waals surface area contributed by atoms with Crippen LogP contribution in [0.5, 0.6) is 0 Å². The molecule has 0 fully saturated rings. The van der Waals surface area contributed by atoms with Crippen LogP contribution in [-0.4, -0.2) is 26.5 Å². The summed E-state index contributed by atoms with van der Waals surface area (Å²) in [5.41, 5.74) is 1.04. The first-order valence-corrected chi connectivity index (χ1v) is 7.53. The van der Waals surface area contributed by atoms with Gasteiger partial charge in [-0.1, -0.05) is 6.92 Å². The van der Waals surface area contributed by atoms with Gasteiger partial charge in [-0.25, -0.2) is 19.9 Å². The lowest BCUT2D eigenvalue weighted by Crippen LogP contribution is -2.04. The van der Waals surface area contributed by atoms with Gasteiger partial charge in [-0.15, -0.1) is 0 Å². The second-order valence-corrected chi connectivity index (χ2v) is 5.73. The first kappa shape index (κ1) is 14.2. The molecule has 2 aromatic heterocycles. The first-order chi connectivity index (χ1) is 9.19. The number of aryl methyl sites for hydroxylation is 1. The molecule has 0 aliphatic rings. The van der Waals surface area contributed by atoms with Crippen molar-refractivity contribution in [2.45, 2.75) is 30.5 Å². The number of hydrogen-bond donors (Lipinski definition) is 1. The molecule has 19 heavy (non-hydrogen) atoms. The minimum atomic E-state index is 0.625. The van der Waals surface area contributed by atoms with Crippen molar-refractivity contribution in [3.63, 3.8) is 0 Å². The van der Waals surface area contributed by atoms with Crippen LogP contribution in [0.1, 0.15) is 18.9 Å². The highest BCUT2D eigenvalue weighted by Crippen LogP contribution is 2.29. The van der Waals surface area contributed by atoms with Crippen molar-refractivity contribution >= 4 is 33.6 Å². The van der Waals surface area contributed by atoms with Gasteiger partial charge >= 0.3 is 0 Å². The Hall–Kier alpha value is -1.21. The molecule has 0 unspecified atom stereocenters. The molecule has 0 saturated carbocycles. The third-order valence-corrected chi connectivity index (χ3v) is 3.93. The Morgan fingerprint density at radius 3 is 2.63 bits per heavy atom. The summed E-state index contributed by atoms with van der Waals surface area (Å²) < 4.78 is 0.837. The average Bonchev–Trinajstić information content (AvgIpc) is 2.42. The van der Waals surface area contributed by atoms with E-state index < -0.39 is 0 Å². The molecule has 5 nitrogen and oxygen atoms in total. The molecule has 0 spiro atoms. The predicted molar refractivity (Wildman–Crippen MR) is 79.4 cm³/mol. The van der Waals surface area contributed by atoms with Crippen LogP contribution in [-0.2, 0) is 0 Å². The van der Waals surface area contributed by atoms with Crippen LogP contribution >= 0.6 is 27.7 Å². The van der Waals surface area contributed by atoms with E-state index in [-0.39, 0.29) is 0 Å². The highest BCUT2D eigenvalue weighted by atomic mass is 79.9. The maximum Gasteiger partial charge on any atom is 0.223 e. The van der Waals surface area contributed by atoms with E-state index in [1.807, 2.05) is 6.92 Å². The summed E-state index contributed by atoms with van der Waals surface area (Å²) in [6.45, 7) is 4.91. The largest absolute Gasteiger partial charge is 0.354 e. The molecular weight excluding hydrogens is 326 g/mol. The van der Waals surface area contributed by atoms with Gasteiger partial charge in [0.15, 0.2) is 5.16 Å². The van der Waals surface area contributed by atoms with Crippen molar-refractivity contribution in [3.05, 3.63) is 28.6 Å². The zero-order chi connectivity index (χ0) is 13.7. The topological polar surface area (TPSA) is 63.6 Å². The van der Waals surface area contributed by atoms with E-state index in [0.717, 1.165) is 28.0 Å². The summed E-state index contributed by atoms with van der Waals surface area (Å²) >= 11 is 4.85. The van der Waals surface area contributed by atoms with E-state index in [1.54, 1.807) is 18.6 Å². The molecule has 0 radical (unpaired) electrons. The maximum atomic E-state index is 4.44. The van der Waals surface area contributed by atoms with Crippen LogP contribution in [0.15, 0.2) is 33.2 Å². The number of nitrogens with one attached hydrogen (secondary N) is 1. The molecule has 2 heterocycles. The van der Waals surface area contributed by atoms with Gasteiger partial charge in [0, 0.05) is 25.1 Å². The minimum absolute atomic E-state index is 0.625. The summed E-state index contributed by atoms with van der Waals surface area (Å²) in [6.07, 6.45) is 6.35. The molecule has 0 aromatic carbocycles. The predicted octanol–water partition coefficient (Wildman–Crippen LogP) is 3.31. The smallest absolute Gasteiger partial charge is 0.223 e. The van der Waals surface area contributed by atoms with E-state index in [1.165, 1.54) is 11.8 Å².